The zero-order valence-electron chi connectivity index (χ0n) is 70.1. The molecule has 42 nitrogen and oxygen atoms in total. The molecule has 7 aliphatic heterocycles. The largest absolute Gasteiger partial charge is 0.508 e. The van der Waals surface area contributed by atoms with Crippen LogP contribution in [0, 0.1) is 5.92 Å². The van der Waals surface area contributed by atoms with E-state index in [9.17, 15) is 74.7 Å². The molecule has 0 aliphatic carbocycles. The average Bonchev–Trinajstić information content (AvgIpc) is 0.766. The third-order valence-electron chi connectivity index (χ3n) is 21.9. The monoisotopic (exact) mass is 1860 g/mol. The van der Waals surface area contributed by atoms with Crippen LogP contribution in [0.4, 0.5) is 10.6 Å². The van der Waals surface area contributed by atoms with E-state index in [1.165, 1.54) is 55.1 Å². The summed E-state index contributed by atoms with van der Waals surface area (Å²) in [6.07, 6.45) is -16.4. The summed E-state index contributed by atoms with van der Waals surface area (Å²) < 4.78 is 45.2. The van der Waals surface area contributed by atoms with Crippen LogP contribution in [-0.4, -0.2) is 234 Å². The number of carbonyl (C=O) groups excluding carboxylic acids is 10. The number of aromatic hydroxyl groups is 3. The van der Waals surface area contributed by atoms with Gasteiger partial charge in [0.15, 0.2) is 23.9 Å². The Morgan fingerprint density at radius 1 is 0.723 bits per heavy atom. The van der Waals surface area contributed by atoms with Crippen molar-refractivity contribution in [3.63, 3.8) is 0 Å². The van der Waals surface area contributed by atoms with Crippen molar-refractivity contribution in [2.24, 2.45) is 11.7 Å². The van der Waals surface area contributed by atoms with Crippen LogP contribution in [0.3, 0.4) is 0 Å². The number of aliphatic hydroxyl groups excluding tert-OH is 6. The Morgan fingerprint density at radius 2 is 1.38 bits per heavy atom. The van der Waals surface area contributed by atoms with Gasteiger partial charge in [-0.1, -0.05) is 79.0 Å². The minimum absolute atomic E-state index is 0.0434. The fourth-order valence-corrected chi connectivity index (χ4v) is 15.7. The molecule has 11 bridgehead atoms. The van der Waals surface area contributed by atoms with Gasteiger partial charge in [0.05, 0.1) is 55.0 Å². The topological polar surface area (TPSA) is 620 Å². The van der Waals surface area contributed by atoms with E-state index in [-0.39, 0.29) is 55.3 Å². The highest BCUT2D eigenvalue weighted by molar-refractivity contribution is 6.32. The first kappa shape index (κ1) is 96.7. The minimum Gasteiger partial charge on any atom is -0.508 e. The van der Waals surface area contributed by atoms with Crippen LogP contribution < -0.4 is 84.3 Å². The molecule has 22 N–H and O–H groups in total. The Bertz CT molecular complexity index is 5540. The number of anilines is 1. The fourth-order valence-electron chi connectivity index (χ4n) is 15.2. The van der Waals surface area contributed by atoms with Crippen molar-refractivity contribution in [1.29, 1.82) is 0 Å². The minimum atomic E-state index is -2.42. The van der Waals surface area contributed by atoms with Crippen LogP contribution in [0.1, 0.15) is 111 Å². The number of aliphatic hydroxyl groups is 6. The fraction of sp³-hybridized carbons (Fsp3) is 0.388. The van der Waals surface area contributed by atoms with Crippen molar-refractivity contribution in [3.8, 4) is 57.1 Å². The molecule has 2 fully saturated rings. The number of amides is 10. The number of nitrogens with two attached hydrogens (primary N) is 1. The quantitative estimate of drug-likeness (QED) is 0.0232. The first-order valence-corrected chi connectivity index (χ1v) is 41.7. The first-order chi connectivity index (χ1) is 61.8. The Hall–Kier alpha value is -12.4. The molecule has 10 amide bonds. The number of nitrogens with zero attached hydrogens (tertiary/aromatic N) is 2. The molecule has 7 aromatic rings. The second kappa shape index (κ2) is 42.0. The maximum absolute atomic E-state index is 16.4. The molecule has 1 aromatic heterocycles. The van der Waals surface area contributed by atoms with Crippen molar-refractivity contribution in [1.82, 2.24) is 62.9 Å². The van der Waals surface area contributed by atoms with Crippen LogP contribution in [0.2, 0.25) is 15.1 Å². The van der Waals surface area contributed by atoms with Crippen molar-refractivity contribution in [3.05, 3.63) is 180 Å². The van der Waals surface area contributed by atoms with Gasteiger partial charge in [0, 0.05) is 66.1 Å². The molecule has 45 heteroatoms. The molecule has 130 heavy (non-hydrogen) atoms. The molecule has 8 heterocycles. The summed E-state index contributed by atoms with van der Waals surface area (Å²) in [6.45, 7) is 4.82. The zero-order valence-corrected chi connectivity index (χ0v) is 72.3. The highest BCUT2D eigenvalue weighted by Gasteiger charge is 2.52. The van der Waals surface area contributed by atoms with Crippen LogP contribution in [0.5, 0.6) is 46.0 Å². The van der Waals surface area contributed by atoms with E-state index in [4.69, 9.17) is 73.8 Å². The van der Waals surface area contributed by atoms with E-state index in [0.29, 0.717) is 10.6 Å². The van der Waals surface area contributed by atoms with E-state index >= 15 is 24.0 Å². The van der Waals surface area contributed by atoms with Crippen molar-refractivity contribution < 1.29 is 132 Å². The molecule has 694 valence electrons. The van der Waals surface area contributed by atoms with Gasteiger partial charge in [0.1, 0.15) is 101 Å². The van der Waals surface area contributed by atoms with Crippen molar-refractivity contribution in [2.45, 2.75) is 163 Å². The third-order valence-corrected chi connectivity index (χ3v) is 22.7. The lowest BCUT2D eigenvalue weighted by Crippen LogP contribution is -2.65. The molecule has 6 aromatic carbocycles. The predicted octanol–water partition coefficient (Wildman–Crippen LogP) is 1.62. The first-order valence-electron chi connectivity index (χ1n) is 40.6. The maximum atomic E-state index is 16.4. The second-order valence-corrected chi connectivity index (χ2v) is 32.9. The highest BCUT2D eigenvalue weighted by Crippen LogP contribution is 2.50. The molecule has 0 spiro atoms. The lowest BCUT2D eigenvalue weighted by Gasteiger charge is -2.48. The summed E-state index contributed by atoms with van der Waals surface area (Å²) >= 11 is 20.4. The number of benzene rings is 6. The highest BCUT2D eigenvalue weighted by atomic mass is 35.5. The molecule has 7 aliphatic rings. The lowest BCUT2D eigenvalue weighted by molar-refractivity contribution is -0.334. The molecule has 18 atom stereocenters. The molecule has 18 unspecified atom stereocenters. The number of primary amides is 1. The normalized spacial score (nSPS) is 25.4. The summed E-state index contributed by atoms with van der Waals surface area (Å²) in [7, 11) is 2.54. The van der Waals surface area contributed by atoms with E-state index < -0.39 is 278 Å². The lowest BCUT2D eigenvalue weighted by atomic mass is 9.85. The zero-order chi connectivity index (χ0) is 94.0. The van der Waals surface area contributed by atoms with Gasteiger partial charge in [-0.2, -0.15) is 4.98 Å². The number of phenols is 3. The Morgan fingerprint density at radius 3 is 2.02 bits per heavy atom. The van der Waals surface area contributed by atoms with E-state index in [2.05, 4.69) is 68.4 Å². The molecular formula is C85H95Cl3N14O28. The van der Waals surface area contributed by atoms with Gasteiger partial charge in [0.2, 0.25) is 59.3 Å². The second-order valence-electron chi connectivity index (χ2n) is 31.6. The number of fused-ring (bicyclic) bond motifs is 15. The Labute approximate surface area is 754 Å². The number of aromatic nitrogens is 2. The molecule has 14 rings (SSSR count). The van der Waals surface area contributed by atoms with Crippen LogP contribution in [-0.2, 0) is 73.5 Å². The number of nitrogens with one attached hydrogen (secondary N) is 11. The number of hydrogen-bond donors (Lipinski definition) is 21. The number of ether oxygens (including phenoxy) is 7. The van der Waals surface area contributed by atoms with Gasteiger partial charge in [-0.3, -0.25) is 52.6 Å². The number of likely N-dealkylation sites (N-methyl/N-ethyl adjacent to an activating group) is 1. The number of hydroxylamine groups is 1. The summed E-state index contributed by atoms with van der Waals surface area (Å²) in [5.74, 6) is -16.6. The summed E-state index contributed by atoms with van der Waals surface area (Å²) in [6, 6.07) is 7.08. The van der Waals surface area contributed by atoms with E-state index in [1.807, 2.05) is 0 Å². The summed E-state index contributed by atoms with van der Waals surface area (Å²) in [5.41, 5.74) is 3.45. The summed E-state index contributed by atoms with van der Waals surface area (Å²) in [5, 5.41) is 132. The van der Waals surface area contributed by atoms with Gasteiger partial charge < -0.3 is 138 Å². The maximum Gasteiger partial charge on any atom is 0.406 e. The number of alkyl carbamates (subject to hydrolysis) is 1. The van der Waals surface area contributed by atoms with Gasteiger partial charge in [0.25, 0.3) is 5.91 Å². The van der Waals surface area contributed by atoms with E-state index in [0.717, 1.165) is 73.8 Å². The molecule has 2 saturated heterocycles. The molecule has 0 saturated carbocycles. The van der Waals surface area contributed by atoms with Crippen LogP contribution in [0.15, 0.2) is 126 Å². The van der Waals surface area contributed by atoms with Gasteiger partial charge in [-0.15, -0.1) is 0 Å². The van der Waals surface area contributed by atoms with Gasteiger partial charge in [-0.05, 0) is 145 Å². The van der Waals surface area contributed by atoms with Crippen LogP contribution in [0.25, 0.3) is 17.2 Å². The number of hydrogen-bond acceptors (Lipinski definition) is 31. The predicted molar refractivity (Wildman–Crippen MR) is 458 cm³/mol. The average molecular weight is 1870 g/mol. The van der Waals surface area contributed by atoms with Crippen LogP contribution >= 0.6 is 34.8 Å². The third kappa shape index (κ3) is 22.7. The number of halogens is 3. The number of phenolic OH excluding ortho intramolecular Hbond substituents is 3. The molecular weight excluding hydrogens is 1770 g/mol. The number of methoxy groups -OCH3 is 1. The number of rotatable bonds is 24. The Balaban J connectivity index is 0.993. The van der Waals surface area contributed by atoms with E-state index in [1.54, 1.807) is 45.0 Å². The standard InChI is InChI=1S/C85H95Cl3N14O28/c1-36(2)25-49(90-5)75(114)99-66-68(109)40-11-16-53(47(87)27-40)126-55-29-42-30-56(72(55)130-82-73(71(112)70(111)57(35-103)128-82)129-61-34-85(4,74(113)37(3)125-61)92-20-23-102-22-19-59(95-83(102)121)94-60(108)18-9-38-7-13-43(86)14-8-38)127-54-17-12-41(28-48(54)88)69(110)67-80(119)98-65(81(120)101-124-24-21-91-84(122)123-6)46-31-44(104)32-52(106)62(46)45-26-39(10-15-51(45)105)63(77(116)100-67)97-78(117)64(42)96-76(115)50(33-58(89)107)93-79(66)118/h7-19,22,26-32,36-37,49-50,57,61,63-71,73-74,82,90,92,103-106,109-113H,20-21,23-25,33-35H2,1-6H3,(H2,89,107)(H,91,122)(H,93,118)(H,96,115)(H,97,117)(H,98,119)(H,99,114)(H,100,116)(H,101,120)(H,94,95,108,121)/b18-9+. The van der Waals surface area contributed by atoms with Crippen molar-refractivity contribution in [2.75, 3.05) is 45.8 Å². The Kier molecular flexibility index (Phi) is 31.3. The SMILES string of the molecule is CNC(CC(C)C)C(=O)NC1C(=O)NC(CC(N)=O)C(=O)NC2C(=O)NC3C(=O)NC(C(=O)NC(C(=O)NOCCNC(=O)OC)c4cc(O)cc(O)c4-c4cc3ccc4O)C(O)c3ccc(c(Cl)c3)Oc3cc2cc(c3OC2OC(CO)C(O)C(O)C2OC2CC(C)(NCCn3ccc(NC(=O)/C=C/c4ccc(Cl)cc4)nc3=O)C(O)C(C)O2)Oc2ccc(cc2Cl)C1O. The van der Waals surface area contributed by atoms with Crippen molar-refractivity contribution >= 4 is 106 Å². The van der Waals surface area contributed by atoms with Gasteiger partial charge in [-0.25, -0.2) is 15.1 Å². The molecule has 0 radical (unpaired) electrons. The summed E-state index contributed by atoms with van der Waals surface area (Å²) in [4.78, 5) is 168. The number of carbonyl (C=O) groups is 10. The smallest absolute Gasteiger partial charge is 0.406 e. The van der Waals surface area contributed by atoms with Gasteiger partial charge >= 0.3 is 11.8 Å².